The van der Waals surface area contributed by atoms with Crippen molar-refractivity contribution >= 4 is 27.6 Å². The fraction of sp³-hybridized carbons (Fsp3) is 0.333. The zero-order valence-electron chi connectivity index (χ0n) is 11.5. The zero-order valence-corrected chi connectivity index (χ0v) is 12.3. The number of aliphatic hydroxyl groups is 1. The first kappa shape index (κ1) is 17.1. The second-order valence-corrected chi connectivity index (χ2v) is 6.04. The summed E-state index contributed by atoms with van der Waals surface area (Å²) in [6, 6.07) is 2.58. The van der Waals surface area contributed by atoms with Gasteiger partial charge in [0.05, 0.1) is 11.5 Å². The lowest BCUT2D eigenvalue weighted by Gasteiger charge is -2.14. The van der Waals surface area contributed by atoms with Gasteiger partial charge in [-0.1, -0.05) is 6.07 Å². The van der Waals surface area contributed by atoms with Crippen LogP contribution < -0.4 is 10.0 Å². The van der Waals surface area contributed by atoms with Crippen LogP contribution in [-0.2, 0) is 19.6 Å². The molecule has 116 valence electrons. The lowest BCUT2D eigenvalue weighted by atomic mass is 10.2. The second-order valence-electron chi connectivity index (χ2n) is 4.36. The standard InChI is InChI=1S/C12H16N2O6S/c1-7-3-4-9(13-8(2)16)5-11(7)21(19,20)14-10(6-15)12(17)18/h3-5,10,14-15H,6H2,1-2H3,(H,13,16)(H,17,18)/t10-/m1/s1. The maximum absolute atomic E-state index is 12.2. The van der Waals surface area contributed by atoms with Crippen LogP contribution in [0.4, 0.5) is 5.69 Å². The van der Waals surface area contributed by atoms with Gasteiger partial charge in [0.15, 0.2) is 0 Å². The normalized spacial score (nSPS) is 12.7. The van der Waals surface area contributed by atoms with Crippen molar-refractivity contribution < 1.29 is 28.2 Å². The summed E-state index contributed by atoms with van der Waals surface area (Å²) < 4.78 is 26.2. The predicted octanol–water partition coefficient (Wildman–Crippen LogP) is -0.323. The third-order valence-corrected chi connectivity index (χ3v) is 4.19. The molecule has 0 radical (unpaired) electrons. The number of amides is 1. The number of carboxylic acids is 1. The Bertz CT molecular complexity index is 656. The van der Waals surface area contributed by atoms with Gasteiger partial charge in [0, 0.05) is 12.6 Å². The van der Waals surface area contributed by atoms with Crippen LogP contribution in [0.3, 0.4) is 0 Å². The van der Waals surface area contributed by atoms with Gasteiger partial charge in [0.1, 0.15) is 6.04 Å². The molecular formula is C12H16N2O6S. The SMILES string of the molecule is CC(=O)Nc1ccc(C)c(S(=O)(=O)N[C@H](CO)C(=O)O)c1. The first-order valence-corrected chi connectivity index (χ1v) is 7.40. The van der Waals surface area contributed by atoms with Gasteiger partial charge < -0.3 is 15.5 Å². The molecular weight excluding hydrogens is 300 g/mol. The Morgan fingerprint density at radius 2 is 1.95 bits per heavy atom. The maximum Gasteiger partial charge on any atom is 0.324 e. The minimum atomic E-state index is -4.15. The number of aliphatic hydroxyl groups excluding tert-OH is 1. The summed E-state index contributed by atoms with van der Waals surface area (Å²) in [6.45, 7) is 1.93. The highest BCUT2D eigenvalue weighted by molar-refractivity contribution is 7.89. The molecule has 0 spiro atoms. The number of carbonyl (C=O) groups excluding carboxylic acids is 1. The fourth-order valence-electron chi connectivity index (χ4n) is 1.59. The predicted molar refractivity (Wildman–Crippen MR) is 74.3 cm³/mol. The van der Waals surface area contributed by atoms with E-state index in [2.05, 4.69) is 5.32 Å². The largest absolute Gasteiger partial charge is 0.480 e. The number of hydrogen-bond donors (Lipinski definition) is 4. The second kappa shape index (κ2) is 6.66. The fourth-order valence-corrected chi connectivity index (χ4v) is 3.04. The summed E-state index contributed by atoms with van der Waals surface area (Å²) in [7, 11) is -4.15. The van der Waals surface area contributed by atoms with E-state index in [4.69, 9.17) is 10.2 Å². The van der Waals surface area contributed by atoms with Crippen molar-refractivity contribution in [3.8, 4) is 0 Å². The number of carbonyl (C=O) groups is 2. The smallest absolute Gasteiger partial charge is 0.324 e. The van der Waals surface area contributed by atoms with Gasteiger partial charge in [-0.25, -0.2) is 8.42 Å². The molecule has 9 heteroatoms. The first-order chi connectivity index (χ1) is 9.67. The van der Waals surface area contributed by atoms with Crippen LogP contribution in [0.5, 0.6) is 0 Å². The molecule has 0 aromatic heterocycles. The van der Waals surface area contributed by atoms with E-state index in [1.54, 1.807) is 0 Å². The Labute approximate surface area is 121 Å². The molecule has 0 saturated carbocycles. The number of hydrogen-bond acceptors (Lipinski definition) is 5. The van der Waals surface area contributed by atoms with Crippen LogP contribution in [0.1, 0.15) is 12.5 Å². The van der Waals surface area contributed by atoms with Gasteiger partial charge in [0.2, 0.25) is 15.9 Å². The Balaban J connectivity index is 3.18. The molecule has 0 aliphatic rings. The van der Waals surface area contributed by atoms with Gasteiger partial charge >= 0.3 is 5.97 Å². The number of anilines is 1. The van der Waals surface area contributed by atoms with Gasteiger partial charge in [-0.05, 0) is 24.6 Å². The molecule has 21 heavy (non-hydrogen) atoms. The Kier molecular flexibility index (Phi) is 5.41. The molecule has 8 nitrogen and oxygen atoms in total. The minimum Gasteiger partial charge on any atom is -0.480 e. The number of carboxylic acid groups (broad SMARTS) is 1. The first-order valence-electron chi connectivity index (χ1n) is 5.91. The topological polar surface area (TPSA) is 133 Å². The quantitative estimate of drug-likeness (QED) is 0.568. The van der Waals surface area contributed by atoms with E-state index in [0.29, 0.717) is 5.56 Å². The van der Waals surface area contributed by atoms with Crippen molar-refractivity contribution in [2.45, 2.75) is 24.8 Å². The molecule has 1 rings (SSSR count). The molecule has 0 saturated heterocycles. The molecule has 0 aliphatic heterocycles. The van der Waals surface area contributed by atoms with Gasteiger partial charge in [0.25, 0.3) is 0 Å². The van der Waals surface area contributed by atoms with E-state index in [1.165, 1.54) is 32.0 Å². The number of nitrogens with one attached hydrogen (secondary N) is 2. The van der Waals surface area contributed by atoms with Crippen molar-refractivity contribution in [2.24, 2.45) is 0 Å². The summed E-state index contributed by atoms with van der Waals surface area (Å²) >= 11 is 0. The third-order valence-electron chi connectivity index (χ3n) is 2.58. The summed E-state index contributed by atoms with van der Waals surface area (Å²) in [6.07, 6.45) is 0. The summed E-state index contributed by atoms with van der Waals surface area (Å²) in [4.78, 5) is 21.6. The number of aliphatic carboxylic acids is 1. The van der Waals surface area contributed by atoms with E-state index in [-0.39, 0.29) is 16.5 Å². The van der Waals surface area contributed by atoms with Crippen LogP contribution in [0, 0.1) is 6.92 Å². The summed E-state index contributed by atoms with van der Waals surface area (Å²) in [5, 5.41) is 20.1. The van der Waals surface area contributed by atoms with Crippen LogP contribution in [0.25, 0.3) is 0 Å². The molecule has 1 aromatic rings. The molecule has 1 aromatic carbocycles. The summed E-state index contributed by atoms with van der Waals surface area (Å²) in [5.41, 5.74) is 0.642. The molecule has 0 heterocycles. The van der Waals surface area contributed by atoms with Crippen molar-refractivity contribution in [3.63, 3.8) is 0 Å². The van der Waals surface area contributed by atoms with Gasteiger partial charge in [-0.3, -0.25) is 9.59 Å². The number of sulfonamides is 1. The van der Waals surface area contributed by atoms with Crippen molar-refractivity contribution in [3.05, 3.63) is 23.8 Å². The highest BCUT2D eigenvalue weighted by Crippen LogP contribution is 2.20. The molecule has 0 aliphatic carbocycles. The van der Waals surface area contributed by atoms with Crippen molar-refractivity contribution in [2.75, 3.05) is 11.9 Å². The Hall–Kier alpha value is -1.97. The number of rotatable bonds is 6. The highest BCUT2D eigenvalue weighted by Gasteiger charge is 2.26. The maximum atomic E-state index is 12.2. The van der Waals surface area contributed by atoms with E-state index in [9.17, 15) is 18.0 Å². The Morgan fingerprint density at radius 3 is 2.43 bits per heavy atom. The lowest BCUT2D eigenvalue weighted by Crippen LogP contribution is -2.43. The third kappa shape index (κ3) is 4.52. The van der Waals surface area contributed by atoms with E-state index in [1.807, 2.05) is 4.72 Å². The molecule has 0 fully saturated rings. The molecule has 0 unspecified atom stereocenters. The van der Waals surface area contributed by atoms with Crippen molar-refractivity contribution in [1.82, 2.24) is 4.72 Å². The molecule has 0 bridgehead atoms. The van der Waals surface area contributed by atoms with Crippen LogP contribution in [-0.4, -0.2) is 43.2 Å². The van der Waals surface area contributed by atoms with Crippen molar-refractivity contribution in [1.29, 1.82) is 0 Å². The minimum absolute atomic E-state index is 0.173. The Morgan fingerprint density at radius 1 is 1.33 bits per heavy atom. The summed E-state index contributed by atoms with van der Waals surface area (Å²) in [5.74, 6) is -1.86. The monoisotopic (exact) mass is 316 g/mol. The van der Waals surface area contributed by atoms with E-state index in [0.717, 1.165) is 0 Å². The average molecular weight is 316 g/mol. The molecule has 1 amide bonds. The van der Waals surface area contributed by atoms with E-state index < -0.39 is 28.6 Å². The molecule has 1 atom stereocenters. The molecule has 4 N–H and O–H groups in total. The number of aryl methyl sites for hydroxylation is 1. The van der Waals surface area contributed by atoms with Crippen LogP contribution in [0.2, 0.25) is 0 Å². The average Bonchev–Trinajstić information content (AvgIpc) is 2.37. The highest BCUT2D eigenvalue weighted by atomic mass is 32.2. The van der Waals surface area contributed by atoms with Crippen LogP contribution in [0.15, 0.2) is 23.1 Å². The number of benzene rings is 1. The van der Waals surface area contributed by atoms with Gasteiger partial charge in [-0.2, -0.15) is 4.72 Å². The van der Waals surface area contributed by atoms with Crippen LogP contribution >= 0.6 is 0 Å². The lowest BCUT2D eigenvalue weighted by molar-refractivity contribution is -0.139. The zero-order chi connectivity index (χ0) is 16.2. The van der Waals surface area contributed by atoms with E-state index >= 15 is 0 Å². The van der Waals surface area contributed by atoms with Gasteiger partial charge in [-0.15, -0.1) is 0 Å².